The number of alkyl carbamates (subject to hydrolysis) is 1. The molecule has 3 rings (SSSR count). The number of carbonyl (C=O) groups is 2. The van der Waals surface area contributed by atoms with E-state index >= 15 is 0 Å². The molecule has 3 N–H and O–H groups in total. The van der Waals surface area contributed by atoms with E-state index in [0.717, 1.165) is 5.56 Å². The third-order valence-electron chi connectivity index (χ3n) is 3.59. The third kappa shape index (κ3) is 3.38. The van der Waals surface area contributed by atoms with Crippen molar-refractivity contribution in [2.45, 2.75) is 6.61 Å². The van der Waals surface area contributed by atoms with E-state index in [1.165, 1.54) is 12.3 Å². The number of hydrogen-bond acceptors (Lipinski definition) is 4. The second-order valence-corrected chi connectivity index (χ2v) is 5.24. The van der Waals surface area contributed by atoms with E-state index in [1.807, 2.05) is 30.3 Å². The van der Waals surface area contributed by atoms with Gasteiger partial charge in [-0.25, -0.2) is 4.79 Å². The molecule has 0 unspecified atom stereocenters. The lowest BCUT2D eigenvalue weighted by atomic mass is 10.1. The summed E-state index contributed by atoms with van der Waals surface area (Å²) in [6, 6.07) is 14.2. The SMILES string of the molecule is O=C(NCC(=O)c1c[nH]c2cccc(O)c12)OCc1ccccc1. The molecule has 0 atom stereocenters. The number of aromatic nitrogens is 1. The quantitative estimate of drug-likeness (QED) is 0.629. The molecule has 1 heterocycles. The summed E-state index contributed by atoms with van der Waals surface area (Å²) in [5.41, 5.74) is 1.84. The topological polar surface area (TPSA) is 91.4 Å². The molecule has 0 saturated carbocycles. The lowest BCUT2D eigenvalue weighted by Crippen LogP contribution is -2.30. The molecule has 0 aliphatic rings. The molecule has 122 valence electrons. The first-order chi connectivity index (χ1) is 11.6. The van der Waals surface area contributed by atoms with Crippen molar-refractivity contribution >= 4 is 22.8 Å². The monoisotopic (exact) mass is 324 g/mol. The lowest BCUT2D eigenvalue weighted by Gasteiger charge is -2.06. The molecular formula is C18H16N2O4. The van der Waals surface area contributed by atoms with E-state index in [9.17, 15) is 14.7 Å². The summed E-state index contributed by atoms with van der Waals surface area (Å²) in [5, 5.41) is 12.8. The number of rotatable bonds is 5. The molecule has 3 aromatic rings. The summed E-state index contributed by atoms with van der Waals surface area (Å²) >= 11 is 0. The highest BCUT2D eigenvalue weighted by Crippen LogP contribution is 2.27. The minimum absolute atomic E-state index is 0.0174. The number of fused-ring (bicyclic) bond motifs is 1. The third-order valence-corrected chi connectivity index (χ3v) is 3.59. The summed E-state index contributed by atoms with van der Waals surface area (Å²) in [7, 11) is 0. The van der Waals surface area contributed by atoms with Gasteiger partial charge in [0.25, 0.3) is 0 Å². The van der Waals surface area contributed by atoms with E-state index in [0.29, 0.717) is 16.5 Å². The van der Waals surface area contributed by atoms with Crippen LogP contribution in [0.1, 0.15) is 15.9 Å². The molecular weight excluding hydrogens is 308 g/mol. The van der Waals surface area contributed by atoms with Crippen LogP contribution < -0.4 is 5.32 Å². The first kappa shape index (κ1) is 15.6. The average molecular weight is 324 g/mol. The van der Waals surface area contributed by atoms with E-state index in [-0.39, 0.29) is 24.7 Å². The molecule has 0 fully saturated rings. The van der Waals surface area contributed by atoms with Gasteiger partial charge in [-0.1, -0.05) is 36.4 Å². The number of ketones is 1. The van der Waals surface area contributed by atoms with Crippen LogP contribution in [-0.4, -0.2) is 28.5 Å². The number of benzene rings is 2. The van der Waals surface area contributed by atoms with Crippen molar-refractivity contribution in [3.8, 4) is 5.75 Å². The molecule has 0 radical (unpaired) electrons. The predicted octanol–water partition coefficient (Wildman–Crippen LogP) is 2.98. The number of carbonyl (C=O) groups excluding carboxylic acids is 2. The Labute approximate surface area is 138 Å². The van der Waals surface area contributed by atoms with Gasteiger partial charge in [0.15, 0.2) is 5.78 Å². The van der Waals surface area contributed by atoms with Crippen LogP contribution in [0, 0.1) is 0 Å². The van der Waals surface area contributed by atoms with E-state index < -0.39 is 6.09 Å². The van der Waals surface area contributed by atoms with Crippen LogP contribution in [0.2, 0.25) is 0 Å². The van der Waals surface area contributed by atoms with Crippen LogP contribution in [0.15, 0.2) is 54.7 Å². The van der Waals surface area contributed by atoms with Crippen molar-refractivity contribution in [3.05, 3.63) is 65.9 Å². The molecule has 2 aromatic carbocycles. The largest absolute Gasteiger partial charge is 0.507 e. The molecule has 1 aromatic heterocycles. The first-order valence-corrected chi connectivity index (χ1v) is 7.42. The maximum Gasteiger partial charge on any atom is 0.407 e. The zero-order valence-corrected chi connectivity index (χ0v) is 12.8. The van der Waals surface area contributed by atoms with E-state index in [2.05, 4.69) is 10.3 Å². The highest BCUT2D eigenvalue weighted by atomic mass is 16.5. The van der Waals surface area contributed by atoms with Gasteiger partial charge in [0.05, 0.1) is 11.9 Å². The molecule has 24 heavy (non-hydrogen) atoms. The van der Waals surface area contributed by atoms with Crippen molar-refractivity contribution in [2.75, 3.05) is 6.54 Å². The Morgan fingerprint density at radius 3 is 2.67 bits per heavy atom. The van der Waals surface area contributed by atoms with E-state index in [1.54, 1.807) is 12.1 Å². The number of phenolic OH excluding ortho intramolecular Hbond substituents is 1. The lowest BCUT2D eigenvalue weighted by molar-refractivity contribution is 0.0975. The summed E-state index contributed by atoms with van der Waals surface area (Å²) in [5.74, 6) is -0.303. The molecule has 0 bridgehead atoms. The van der Waals surface area contributed by atoms with Crippen LogP contribution >= 0.6 is 0 Å². The number of aromatic hydroxyl groups is 1. The molecule has 6 nitrogen and oxygen atoms in total. The Balaban J connectivity index is 1.58. The highest BCUT2D eigenvalue weighted by molar-refractivity contribution is 6.11. The number of ether oxygens (including phenoxy) is 1. The molecule has 0 aliphatic carbocycles. The minimum Gasteiger partial charge on any atom is -0.507 e. The second-order valence-electron chi connectivity index (χ2n) is 5.24. The van der Waals surface area contributed by atoms with Crippen molar-refractivity contribution in [1.29, 1.82) is 0 Å². The number of H-pyrrole nitrogens is 1. The average Bonchev–Trinajstić information content (AvgIpc) is 3.04. The van der Waals surface area contributed by atoms with Crippen LogP contribution in [-0.2, 0) is 11.3 Å². The zero-order chi connectivity index (χ0) is 16.9. The van der Waals surface area contributed by atoms with Crippen molar-refractivity contribution in [1.82, 2.24) is 10.3 Å². The Morgan fingerprint density at radius 1 is 1.08 bits per heavy atom. The Morgan fingerprint density at radius 2 is 1.88 bits per heavy atom. The van der Waals surface area contributed by atoms with Gasteiger partial charge in [0, 0.05) is 17.3 Å². The molecule has 0 aliphatic heterocycles. The summed E-state index contributed by atoms with van der Waals surface area (Å²) in [6.07, 6.45) is 0.847. The summed E-state index contributed by atoms with van der Waals surface area (Å²) < 4.78 is 5.05. The van der Waals surface area contributed by atoms with Crippen LogP contribution in [0.3, 0.4) is 0 Å². The zero-order valence-electron chi connectivity index (χ0n) is 12.8. The molecule has 0 spiro atoms. The fraction of sp³-hybridized carbons (Fsp3) is 0.111. The Hall–Kier alpha value is -3.28. The van der Waals surface area contributed by atoms with E-state index in [4.69, 9.17) is 4.74 Å². The number of phenols is 1. The number of amides is 1. The maximum atomic E-state index is 12.2. The fourth-order valence-electron chi connectivity index (χ4n) is 2.41. The number of aromatic amines is 1. The number of nitrogens with one attached hydrogen (secondary N) is 2. The van der Waals surface area contributed by atoms with Gasteiger partial charge in [-0.3, -0.25) is 4.79 Å². The normalized spacial score (nSPS) is 10.5. The number of Topliss-reactive ketones (excluding diaryl/α,β-unsaturated/α-hetero) is 1. The van der Waals surface area contributed by atoms with Crippen LogP contribution in [0.4, 0.5) is 4.79 Å². The van der Waals surface area contributed by atoms with Gasteiger partial charge in [-0.05, 0) is 17.7 Å². The van der Waals surface area contributed by atoms with Crippen molar-refractivity contribution in [2.24, 2.45) is 0 Å². The van der Waals surface area contributed by atoms with Gasteiger partial charge in [0.2, 0.25) is 0 Å². The summed E-state index contributed by atoms with van der Waals surface area (Å²) in [6.45, 7) is -0.0797. The Bertz CT molecular complexity index is 871. The fourth-order valence-corrected chi connectivity index (χ4v) is 2.41. The standard InChI is InChI=1S/C18H16N2O4/c21-15-8-4-7-14-17(15)13(9-19-14)16(22)10-20-18(23)24-11-12-5-2-1-3-6-12/h1-9,19,21H,10-11H2,(H,20,23). The van der Waals surface area contributed by atoms with Gasteiger partial charge in [-0.2, -0.15) is 0 Å². The Kier molecular flexibility index (Phi) is 4.47. The van der Waals surface area contributed by atoms with Crippen molar-refractivity contribution < 1.29 is 19.4 Å². The highest BCUT2D eigenvalue weighted by Gasteiger charge is 2.16. The van der Waals surface area contributed by atoms with Gasteiger partial charge >= 0.3 is 6.09 Å². The molecule has 6 heteroatoms. The van der Waals surface area contributed by atoms with Crippen LogP contribution in [0.25, 0.3) is 10.9 Å². The van der Waals surface area contributed by atoms with Crippen LogP contribution in [0.5, 0.6) is 5.75 Å². The summed E-state index contributed by atoms with van der Waals surface area (Å²) in [4.78, 5) is 26.8. The minimum atomic E-state index is -0.670. The predicted molar refractivity (Wildman–Crippen MR) is 88.9 cm³/mol. The van der Waals surface area contributed by atoms with Gasteiger partial charge < -0.3 is 20.1 Å². The first-order valence-electron chi connectivity index (χ1n) is 7.42. The van der Waals surface area contributed by atoms with Gasteiger partial charge in [0.1, 0.15) is 12.4 Å². The smallest absolute Gasteiger partial charge is 0.407 e. The maximum absolute atomic E-state index is 12.2. The van der Waals surface area contributed by atoms with Crippen molar-refractivity contribution in [3.63, 3.8) is 0 Å². The van der Waals surface area contributed by atoms with Gasteiger partial charge in [-0.15, -0.1) is 0 Å². The number of hydrogen-bond donors (Lipinski definition) is 3. The molecule has 0 saturated heterocycles. The molecule has 1 amide bonds. The second kappa shape index (κ2) is 6.87.